The molecule has 2 aliphatic rings. The van der Waals surface area contributed by atoms with Crippen molar-refractivity contribution in [2.45, 2.75) is 77.6 Å². The van der Waals surface area contributed by atoms with Gasteiger partial charge < -0.3 is 4.74 Å². The van der Waals surface area contributed by atoms with E-state index in [1.165, 1.54) is 25.9 Å². The molecule has 0 aromatic heterocycles. The first-order valence-corrected chi connectivity index (χ1v) is 7.81. The van der Waals surface area contributed by atoms with Crippen LogP contribution in [0, 0.1) is 0 Å². The molecule has 0 aliphatic carbocycles. The van der Waals surface area contributed by atoms with Crippen LogP contribution in [-0.4, -0.2) is 59.3 Å². The molecular formula is C16H32N2O. The van der Waals surface area contributed by atoms with Crippen molar-refractivity contribution < 1.29 is 4.74 Å². The topological polar surface area (TPSA) is 15.7 Å². The van der Waals surface area contributed by atoms with Crippen LogP contribution in [0.5, 0.6) is 0 Å². The summed E-state index contributed by atoms with van der Waals surface area (Å²) in [7, 11) is 0. The van der Waals surface area contributed by atoms with Crippen LogP contribution in [-0.2, 0) is 4.74 Å². The lowest BCUT2D eigenvalue weighted by Crippen LogP contribution is -2.59. The summed E-state index contributed by atoms with van der Waals surface area (Å²) >= 11 is 0. The van der Waals surface area contributed by atoms with Crippen molar-refractivity contribution in [2.24, 2.45) is 0 Å². The number of nitrogens with zero attached hydrogens (tertiary/aromatic N) is 2. The Morgan fingerprint density at radius 2 is 1.47 bits per heavy atom. The fraction of sp³-hybridized carbons (Fsp3) is 1.00. The Hall–Kier alpha value is -0.120. The minimum Gasteiger partial charge on any atom is -0.375 e. The summed E-state index contributed by atoms with van der Waals surface area (Å²) in [6.45, 7) is 17.9. The van der Waals surface area contributed by atoms with Crippen molar-refractivity contribution in [3.8, 4) is 0 Å². The third kappa shape index (κ3) is 3.93. The highest BCUT2D eigenvalue weighted by molar-refractivity contribution is 4.98. The lowest BCUT2D eigenvalue weighted by atomic mass is 10.0. The van der Waals surface area contributed by atoms with Gasteiger partial charge in [0.05, 0.1) is 12.2 Å². The molecule has 2 atom stereocenters. The van der Waals surface area contributed by atoms with Gasteiger partial charge in [-0.2, -0.15) is 0 Å². The van der Waals surface area contributed by atoms with Gasteiger partial charge in [-0.25, -0.2) is 0 Å². The van der Waals surface area contributed by atoms with E-state index in [9.17, 15) is 0 Å². The Kier molecular flexibility index (Phi) is 4.29. The van der Waals surface area contributed by atoms with Crippen LogP contribution in [0.25, 0.3) is 0 Å². The Morgan fingerprint density at radius 3 is 1.89 bits per heavy atom. The van der Waals surface area contributed by atoms with Crippen molar-refractivity contribution in [3.63, 3.8) is 0 Å². The highest BCUT2D eigenvalue weighted by atomic mass is 16.5. The zero-order chi connectivity index (χ0) is 14.3. The van der Waals surface area contributed by atoms with Crippen molar-refractivity contribution in [1.82, 2.24) is 9.80 Å². The van der Waals surface area contributed by atoms with E-state index in [4.69, 9.17) is 4.74 Å². The molecule has 2 aliphatic heterocycles. The quantitative estimate of drug-likeness (QED) is 0.783. The summed E-state index contributed by atoms with van der Waals surface area (Å²) in [4.78, 5) is 5.37. The summed E-state index contributed by atoms with van der Waals surface area (Å²) in [5, 5.41) is 0. The normalized spacial score (nSPS) is 30.0. The van der Waals surface area contributed by atoms with Gasteiger partial charge in [0.15, 0.2) is 0 Å². The van der Waals surface area contributed by atoms with Crippen LogP contribution >= 0.6 is 0 Å². The number of rotatable bonds is 3. The molecule has 2 heterocycles. The fourth-order valence-corrected chi connectivity index (χ4v) is 3.36. The summed E-state index contributed by atoms with van der Waals surface area (Å²) in [5.74, 6) is 0. The SMILES string of the molecule is CC(C)(C)OCCN1C2CCC1CN(C(C)(C)C)C2. The van der Waals surface area contributed by atoms with Gasteiger partial charge in [0.1, 0.15) is 0 Å². The van der Waals surface area contributed by atoms with Gasteiger partial charge >= 0.3 is 0 Å². The molecular weight excluding hydrogens is 236 g/mol. The van der Waals surface area contributed by atoms with E-state index in [1.807, 2.05) is 0 Å². The predicted molar refractivity (Wildman–Crippen MR) is 80.5 cm³/mol. The van der Waals surface area contributed by atoms with Crippen molar-refractivity contribution in [2.75, 3.05) is 26.2 Å². The third-order valence-corrected chi connectivity index (χ3v) is 4.47. The molecule has 2 bridgehead atoms. The Balaban J connectivity index is 1.86. The average Bonchev–Trinajstić information content (AvgIpc) is 2.47. The van der Waals surface area contributed by atoms with E-state index in [0.717, 1.165) is 25.2 Å². The number of hydrogen-bond acceptors (Lipinski definition) is 3. The number of ether oxygens (including phenoxy) is 1. The smallest absolute Gasteiger partial charge is 0.0600 e. The highest BCUT2D eigenvalue weighted by Crippen LogP contribution is 2.32. The summed E-state index contributed by atoms with van der Waals surface area (Å²) < 4.78 is 5.90. The Morgan fingerprint density at radius 1 is 0.947 bits per heavy atom. The standard InChI is InChI=1S/C16H32N2O/c1-15(2,3)17-11-13-7-8-14(12-17)18(13)9-10-19-16(4,5)6/h13-14H,7-12H2,1-6H3. The Bertz CT molecular complexity index is 289. The molecule has 2 unspecified atom stereocenters. The molecule has 0 radical (unpaired) electrons. The van der Waals surface area contributed by atoms with Crippen molar-refractivity contribution in [1.29, 1.82) is 0 Å². The van der Waals surface area contributed by atoms with Gasteiger partial charge in [-0.3, -0.25) is 9.80 Å². The second-order valence-corrected chi connectivity index (χ2v) is 8.16. The van der Waals surface area contributed by atoms with E-state index in [0.29, 0.717) is 5.54 Å². The van der Waals surface area contributed by atoms with E-state index >= 15 is 0 Å². The van der Waals surface area contributed by atoms with Gasteiger partial charge in [-0.15, -0.1) is 0 Å². The van der Waals surface area contributed by atoms with Crippen molar-refractivity contribution >= 4 is 0 Å². The number of likely N-dealkylation sites (tertiary alicyclic amines) is 1. The third-order valence-electron chi connectivity index (χ3n) is 4.47. The molecule has 3 heteroatoms. The second kappa shape index (κ2) is 5.34. The molecule has 0 spiro atoms. The molecule has 2 saturated heterocycles. The molecule has 2 fully saturated rings. The van der Waals surface area contributed by atoms with E-state index in [2.05, 4.69) is 51.3 Å². The van der Waals surface area contributed by atoms with Gasteiger partial charge in [0.2, 0.25) is 0 Å². The molecule has 0 saturated carbocycles. The zero-order valence-electron chi connectivity index (χ0n) is 13.7. The molecule has 0 aromatic carbocycles. The molecule has 0 amide bonds. The van der Waals surface area contributed by atoms with E-state index in [1.54, 1.807) is 0 Å². The van der Waals surface area contributed by atoms with Gasteiger partial charge in [-0.1, -0.05) is 0 Å². The predicted octanol–water partition coefficient (Wildman–Crippen LogP) is 2.75. The van der Waals surface area contributed by atoms with Crippen molar-refractivity contribution in [3.05, 3.63) is 0 Å². The maximum absolute atomic E-state index is 5.90. The number of piperazine rings is 1. The molecule has 2 rings (SSSR count). The van der Waals surface area contributed by atoms with Gasteiger partial charge in [0.25, 0.3) is 0 Å². The fourth-order valence-electron chi connectivity index (χ4n) is 3.36. The average molecular weight is 268 g/mol. The first-order chi connectivity index (χ1) is 8.67. The lowest BCUT2D eigenvalue weighted by Gasteiger charge is -2.46. The second-order valence-electron chi connectivity index (χ2n) is 8.16. The van der Waals surface area contributed by atoms with E-state index in [-0.39, 0.29) is 5.60 Å². The van der Waals surface area contributed by atoms with Crippen LogP contribution in [0.2, 0.25) is 0 Å². The minimum absolute atomic E-state index is 0.00766. The maximum Gasteiger partial charge on any atom is 0.0600 e. The van der Waals surface area contributed by atoms with Crippen LogP contribution < -0.4 is 0 Å². The first kappa shape index (κ1) is 15.3. The van der Waals surface area contributed by atoms with Crippen LogP contribution in [0.15, 0.2) is 0 Å². The largest absolute Gasteiger partial charge is 0.375 e. The van der Waals surface area contributed by atoms with Gasteiger partial charge in [0, 0.05) is 37.3 Å². The van der Waals surface area contributed by atoms with E-state index < -0.39 is 0 Å². The molecule has 112 valence electrons. The maximum atomic E-state index is 5.90. The zero-order valence-corrected chi connectivity index (χ0v) is 13.7. The Labute approximate surface area is 119 Å². The number of fused-ring (bicyclic) bond motifs is 2. The summed E-state index contributed by atoms with van der Waals surface area (Å²) in [5.41, 5.74) is 0.307. The highest BCUT2D eigenvalue weighted by Gasteiger charge is 2.42. The first-order valence-electron chi connectivity index (χ1n) is 7.81. The molecule has 3 nitrogen and oxygen atoms in total. The molecule has 0 N–H and O–H groups in total. The van der Waals surface area contributed by atoms with Gasteiger partial charge in [-0.05, 0) is 54.4 Å². The lowest BCUT2D eigenvalue weighted by molar-refractivity contribution is -0.0381. The van der Waals surface area contributed by atoms with Crippen LogP contribution in [0.3, 0.4) is 0 Å². The van der Waals surface area contributed by atoms with Crippen LogP contribution in [0.1, 0.15) is 54.4 Å². The molecule has 0 aromatic rings. The summed E-state index contributed by atoms with van der Waals surface area (Å²) in [6, 6.07) is 1.50. The number of hydrogen-bond donors (Lipinski definition) is 0. The monoisotopic (exact) mass is 268 g/mol. The summed E-state index contributed by atoms with van der Waals surface area (Å²) in [6.07, 6.45) is 2.74. The van der Waals surface area contributed by atoms with Crippen LogP contribution in [0.4, 0.5) is 0 Å². The minimum atomic E-state index is -0.00766. The molecule has 19 heavy (non-hydrogen) atoms.